The highest BCUT2D eigenvalue weighted by Gasteiger charge is 2.19. The minimum absolute atomic E-state index is 0.0878. The lowest BCUT2D eigenvalue weighted by atomic mass is 10.1. The van der Waals surface area contributed by atoms with Crippen molar-refractivity contribution >= 4 is 17.9 Å². The van der Waals surface area contributed by atoms with Crippen molar-refractivity contribution in [2.75, 3.05) is 13.2 Å². The zero-order valence-electron chi connectivity index (χ0n) is 43.4. The first-order valence-electron chi connectivity index (χ1n) is 27.4. The second-order valence-corrected chi connectivity index (χ2v) is 17.7. The number of rotatable bonds is 48. The first kappa shape index (κ1) is 63.1. The molecule has 0 bridgehead atoms. The summed E-state index contributed by atoms with van der Waals surface area (Å²) in [6.07, 6.45) is 74.0. The molecule has 0 rings (SSSR count). The maximum absolute atomic E-state index is 12.8. The molecule has 0 saturated carbocycles. The van der Waals surface area contributed by atoms with Crippen molar-refractivity contribution in [3.8, 4) is 0 Å². The Morgan fingerprint density at radius 3 is 0.910 bits per heavy atom. The van der Waals surface area contributed by atoms with Gasteiger partial charge in [0, 0.05) is 19.3 Å². The van der Waals surface area contributed by atoms with E-state index in [0.29, 0.717) is 19.3 Å². The molecule has 0 aromatic carbocycles. The van der Waals surface area contributed by atoms with Crippen LogP contribution in [0.15, 0.2) is 109 Å². The molecule has 0 aliphatic rings. The largest absolute Gasteiger partial charge is 0.462 e. The number of esters is 3. The molecular weight excluding hydrogens is 829 g/mol. The van der Waals surface area contributed by atoms with Gasteiger partial charge in [0.15, 0.2) is 6.10 Å². The molecule has 1 unspecified atom stereocenters. The third-order valence-corrected chi connectivity index (χ3v) is 11.3. The van der Waals surface area contributed by atoms with Crippen LogP contribution in [0.4, 0.5) is 0 Å². The van der Waals surface area contributed by atoms with Gasteiger partial charge in [-0.05, 0) is 103 Å². The van der Waals surface area contributed by atoms with Gasteiger partial charge in [-0.3, -0.25) is 14.4 Å². The molecule has 0 saturated heterocycles. The predicted octanol–water partition coefficient (Wildman–Crippen LogP) is 18.3. The lowest BCUT2D eigenvalue weighted by Crippen LogP contribution is -2.30. The minimum Gasteiger partial charge on any atom is -0.462 e. The van der Waals surface area contributed by atoms with Gasteiger partial charge in [0.1, 0.15) is 13.2 Å². The first-order chi connectivity index (χ1) is 33.0. The van der Waals surface area contributed by atoms with E-state index in [1.54, 1.807) is 0 Å². The average Bonchev–Trinajstić information content (AvgIpc) is 3.33. The molecule has 0 amide bonds. The third-order valence-electron chi connectivity index (χ3n) is 11.3. The van der Waals surface area contributed by atoms with E-state index in [1.165, 1.54) is 57.8 Å². The van der Waals surface area contributed by atoms with Crippen LogP contribution < -0.4 is 0 Å². The molecular formula is C61H100O6. The van der Waals surface area contributed by atoms with Gasteiger partial charge < -0.3 is 14.2 Å². The lowest BCUT2D eigenvalue weighted by Gasteiger charge is -2.18. The van der Waals surface area contributed by atoms with Crippen molar-refractivity contribution in [2.45, 2.75) is 245 Å². The Morgan fingerprint density at radius 1 is 0.313 bits per heavy atom. The average molecular weight is 929 g/mol. The van der Waals surface area contributed by atoms with Gasteiger partial charge in [-0.25, -0.2) is 0 Å². The highest BCUT2D eigenvalue weighted by Crippen LogP contribution is 2.14. The maximum Gasteiger partial charge on any atom is 0.306 e. The van der Waals surface area contributed by atoms with Crippen LogP contribution in [0.25, 0.3) is 0 Å². The summed E-state index contributed by atoms with van der Waals surface area (Å²) in [4.78, 5) is 37.8. The van der Waals surface area contributed by atoms with Crippen molar-refractivity contribution < 1.29 is 28.6 Å². The standard InChI is InChI=1S/C61H100O6/c1-4-7-10-13-15-17-19-21-23-25-27-28-29-30-31-32-34-35-37-39-41-43-45-48-51-54-60(63)66-57-58(56-65-59(62)53-50-47-12-9-6-3)67-61(64)55-52-49-46-44-42-40-38-36-33-26-24-22-20-18-16-14-11-8-5-2/h7-8,10-11,15-18,21-24,27-28,30-31,33,36,58H,4-6,9,12-14,19-20,25-26,29,32,34-35,37-57H2,1-3H3/b10-7-,11-8-,17-15-,18-16-,23-21-,24-22-,28-27-,31-30-,36-33-. The molecule has 0 N–H and O–H groups in total. The molecule has 380 valence electrons. The molecule has 0 aliphatic heterocycles. The highest BCUT2D eigenvalue weighted by molar-refractivity contribution is 5.71. The summed E-state index contributed by atoms with van der Waals surface area (Å²) in [6.45, 7) is 6.31. The Morgan fingerprint density at radius 2 is 0.582 bits per heavy atom. The molecule has 0 heterocycles. The van der Waals surface area contributed by atoms with Gasteiger partial charge in [-0.1, -0.05) is 226 Å². The number of ether oxygens (including phenoxy) is 3. The van der Waals surface area contributed by atoms with E-state index >= 15 is 0 Å². The molecule has 0 spiro atoms. The first-order valence-corrected chi connectivity index (χ1v) is 27.4. The Bertz CT molecular complexity index is 1390. The van der Waals surface area contributed by atoms with Crippen molar-refractivity contribution in [2.24, 2.45) is 0 Å². The van der Waals surface area contributed by atoms with Crippen molar-refractivity contribution in [3.05, 3.63) is 109 Å². The normalized spacial score (nSPS) is 12.9. The van der Waals surface area contributed by atoms with Crippen LogP contribution in [0.2, 0.25) is 0 Å². The van der Waals surface area contributed by atoms with Crippen LogP contribution in [0.3, 0.4) is 0 Å². The van der Waals surface area contributed by atoms with Crippen LogP contribution in [0, 0.1) is 0 Å². The molecule has 0 radical (unpaired) electrons. The molecule has 0 aromatic rings. The van der Waals surface area contributed by atoms with Gasteiger partial charge in [0.25, 0.3) is 0 Å². The summed E-state index contributed by atoms with van der Waals surface area (Å²) in [5.41, 5.74) is 0. The Hall–Kier alpha value is -3.93. The second-order valence-electron chi connectivity index (χ2n) is 17.7. The topological polar surface area (TPSA) is 78.9 Å². The Kier molecular flexibility index (Phi) is 51.5. The van der Waals surface area contributed by atoms with Gasteiger partial charge in [0.2, 0.25) is 0 Å². The van der Waals surface area contributed by atoms with E-state index in [-0.39, 0.29) is 31.1 Å². The zero-order chi connectivity index (χ0) is 48.6. The number of carbonyl (C=O) groups is 3. The molecule has 6 nitrogen and oxygen atoms in total. The van der Waals surface area contributed by atoms with E-state index < -0.39 is 6.10 Å². The molecule has 0 aliphatic carbocycles. The summed E-state index contributed by atoms with van der Waals surface area (Å²) >= 11 is 0. The lowest BCUT2D eigenvalue weighted by molar-refractivity contribution is -0.167. The van der Waals surface area contributed by atoms with E-state index in [9.17, 15) is 14.4 Å². The fourth-order valence-corrected chi connectivity index (χ4v) is 7.22. The van der Waals surface area contributed by atoms with E-state index in [0.717, 1.165) is 141 Å². The van der Waals surface area contributed by atoms with Crippen LogP contribution in [0.5, 0.6) is 0 Å². The molecule has 6 heteroatoms. The van der Waals surface area contributed by atoms with E-state index in [4.69, 9.17) is 14.2 Å². The van der Waals surface area contributed by atoms with E-state index in [1.807, 2.05) is 0 Å². The van der Waals surface area contributed by atoms with Crippen molar-refractivity contribution in [1.82, 2.24) is 0 Å². The number of hydrogen-bond donors (Lipinski definition) is 0. The Labute approximate surface area is 412 Å². The van der Waals surface area contributed by atoms with Gasteiger partial charge in [-0.2, -0.15) is 0 Å². The van der Waals surface area contributed by atoms with Gasteiger partial charge in [0.05, 0.1) is 0 Å². The minimum atomic E-state index is -0.786. The monoisotopic (exact) mass is 929 g/mol. The fourth-order valence-electron chi connectivity index (χ4n) is 7.22. The number of hydrogen-bond acceptors (Lipinski definition) is 6. The number of unbranched alkanes of at least 4 members (excludes halogenated alkanes) is 19. The SMILES string of the molecule is CC/C=C\C/C=C\C/C=C\C/C=C\C/C=C\CCCCCCCCCCCC(=O)OCC(COC(=O)CCCCCCC)OC(=O)CCCCCCCC/C=C\C/C=C\C/C=C\C/C=C\CC. The third kappa shape index (κ3) is 52.9. The van der Waals surface area contributed by atoms with Crippen molar-refractivity contribution in [3.63, 3.8) is 0 Å². The highest BCUT2D eigenvalue weighted by atomic mass is 16.6. The van der Waals surface area contributed by atoms with Crippen LogP contribution in [0.1, 0.15) is 239 Å². The van der Waals surface area contributed by atoms with Gasteiger partial charge in [-0.15, -0.1) is 0 Å². The number of allylic oxidation sites excluding steroid dienone is 18. The molecule has 1 atom stereocenters. The summed E-state index contributed by atoms with van der Waals surface area (Å²) < 4.78 is 16.7. The molecule has 0 fully saturated rings. The molecule has 0 aromatic heterocycles. The summed E-state index contributed by atoms with van der Waals surface area (Å²) in [7, 11) is 0. The smallest absolute Gasteiger partial charge is 0.306 e. The maximum atomic E-state index is 12.8. The van der Waals surface area contributed by atoms with Crippen LogP contribution >= 0.6 is 0 Å². The van der Waals surface area contributed by atoms with E-state index in [2.05, 4.69) is 130 Å². The summed E-state index contributed by atoms with van der Waals surface area (Å²) in [5, 5.41) is 0. The quantitative estimate of drug-likeness (QED) is 0.0262. The summed E-state index contributed by atoms with van der Waals surface area (Å²) in [6, 6.07) is 0. The summed E-state index contributed by atoms with van der Waals surface area (Å²) in [5.74, 6) is -0.925. The van der Waals surface area contributed by atoms with Crippen molar-refractivity contribution in [1.29, 1.82) is 0 Å². The molecule has 67 heavy (non-hydrogen) atoms. The van der Waals surface area contributed by atoms with Crippen LogP contribution in [-0.2, 0) is 28.6 Å². The van der Waals surface area contributed by atoms with Crippen LogP contribution in [-0.4, -0.2) is 37.2 Å². The zero-order valence-corrected chi connectivity index (χ0v) is 43.4. The second kappa shape index (κ2) is 54.7. The fraction of sp³-hybridized carbons (Fsp3) is 0.656. The number of carbonyl (C=O) groups excluding carboxylic acids is 3. The van der Waals surface area contributed by atoms with Gasteiger partial charge >= 0.3 is 17.9 Å². The predicted molar refractivity (Wildman–Crippen MR) is 288 cm³/mol. The Balaban J connectivity index is 4.17.